The van der Waals surface area contributed by atoms with Crippen molar-refractivity contribution in [2.45, 2.75) is 25.8 Å². The van der Waals surface area contributed by atoms with E-state index in [0.717, 1.165) is 31.5 Å². The van der Waals surface area contributed by atoms with E-state index in [2.05, 4.69) is 5.32 Å². The molecule has 1 amide bonds. The first-order valence-corrected chi connectivity index (χ1v) is 6.60. The van der Waals surface area contributed by atoms with Crippen molar-refractivity contribution < 1.29 is 13.6 Å². The smallest absolute Gasteiger partial charge is 0.260 e. The summed E-state index contributed by atoms with van der Waals surface area (Å²) in [6, 6.07) is 3.52. The highest BCUT2D eigenvalue weighted by molar-refractivity contribution is 5.95. The quantitative estimate of drug-likeness (QED) is 0.907. The summed E-state index contributed by atoms with van der Waals surface area (Å²) >= 11 is 0. The van der Waals surface area contributed by atoms with E-state index in [-0.39, 0.29) is 6.04 Å². The van der Waals surface area contributed by atoms with Gasteiger partial charge in [-0.1, -0.05) is 13.0 Å². The van der Waals surface area contributed by atoms with Crippen LogP contribution in [0, 0.1) is 11.6 Å². The number of carbonyl (C=O) groups is 1. The fourth-order valence-corrected chi connectivity index (χ4v) is 2.44. The van der Waals surface area contributed by atoms with Crippen LogP contribution in [-0.4, -0.2) is 36.5 Å². The Morgan fingerprint density at radius 3 is 2.63 bits per heavy atom. The zero-order valence-electron chi connectivity index (χ0n) is 11.0. The second kappa shape index (κ2) is 6.10. The molecule has 1 N–H and O–H groups in total. The molecule has 0 aliphatic carbocycles. The van der Waals surface area contributed by atoms with Crippen LogP contribution in [0.1, 0.15) is 30.1 Å². The summed E-state index contributed by atoms with van der Waals surface area (Å²) in [5.41, 5.74) is -0.442. The molecule has 1 aliphatic heterocycles. The highest BCUT2D eigenvalue weighted by Gasteiger charge is 2.29. The topological polar surface area (TPSA) is 32.3 Å². The van der Waals surface area contributed by atoms with E-state index in [1.807, 2.05) is 6.92 Å². The number of amides is 1. The summed E-state index contributed by atoms with van der Waals surface area (Å²) in [5, 5.41) is 3.17. The number of halogens is 2. The van der Waals surface area contributed by atoms with E-state index in [1.54, 1.807) is 4.90 Å². The first-order valence-electron chi connectivity index (χ1n) is 6.60. The molecule has 0 bridgehead atoms. The number of benzene rings is 1. The molecule has 5 heteroatoms. The Morgan fingerprint density at radius 2 is 2.11 bits per heavy atom. The van der Waals surface area contributed by atoms with Crippen molar-refractivity contribution in [1.29, 1.82) is 0 Å². The third-order valence-corrected chi connectivity index (χ3v) is 3.38. The third kappa shape index (κ3) is 2.92. The maximum atomic E-state index is 13.7. The molecular formula is C14H18F2N2O. The summed E-state index contributed by atoms with van der Waals surface area (Å²) in [7, 11) is 0. The summed E-state index contributed by atoms with van der Waals surface area (Å²) in [6.45, 7) is 3.97. The number of nitrogens with one attached hydrogen (secondary N) is 1. The fourth-order valence-electron chi connectivity index (χ4n) is 2.44. The van der Waals surface area contributed by atoms with E-state index in [9.17, 15) is 13.6 Å². The molecule has 1 aromatic carbocycles. The lowest BCUT2D eigenvalue weighted by molar-refractivity contribution is 0.0682. The van der Waals surface area contributed by atoms with Gasteiger partial charge in [-0.05, 0) is 31.5 Å². The van der Waals surface area contributed by atoms with Crippen molar-refractivity contribution in [3.63, 3.8) is 0 Å². The molecule has 19 heavy (non-hydrogen) atoms. The fraction of sp³-hybridized carbons (Fsp3) is 0.500. The molecule has 104 valence electrons. The average molecular weight is 268 g/mol. The average Bonchev–Trinajstić information content (AvgIpc) is 2.89. The predicted molar refractivity (Wildman–Crippen MR) is 69.0 cm³/mol. The van der Waals surface area contributed by atoms with Gasteiger partial charge < -0.3 is 10.2 Å². The van der Waals surface area contributed by atoms with Crippen molar-refractivity contribution in [3.05, 3.63) is 35.4 Å². The zero-order chi connectivity index (χ0) is 13.8. The van der Waals surface area contributed by atoms with E-state index < -0.39 is 23.1 Å². The lowest BCUT2D eigenvalue weighted by atomic mass is 10.1. The van der Waals surface area contributed by atoms with Crippen LogP contribution >= 0.6 is 0 Å². The van der Waals surface area contributed by atoms with Gasteiger partial charge in [0.1, 0.15) is 17.2 Å². The molecule has 0 spiro atoms. The largest absolute Gasteiger partial charge is 0.334 e. The van der Waals surface area contributed by atoms with Gasteiger partial charge in [0.05, 0.1) is 0 Å². The minimum absolute atomic E-state index is 0.0199. The van der Waals surface area contributed by atoms with Crippen LogP contribution < -0.4 is 5.32 Å². The molecule has 1 heterocycles. The Kier molecular flexibility index (Phi) is 4.47. The number of nitrogens with zero attached hydrogens (tertiary/aromatic N) is 1. The second-order valence-corrected chi connectivity index (χ2v) is 4.74. The van der Waals surface area contributed by atoms with E-state index in [1.165, 1.54) is 6.07 Å². The second-order valence-electron chi connectivity index (χ2n) is 4.74. The van der Waals surface area contributed by atoms with Crippen molar-refractivity contribution in [2.75, 3.05) is 19.6 Å². The minimum atomic E-state index is -0.794. The third-order valence-electron chi connectivity index (χ3n) is 3.38. The lowest BCUT2D eigenvalue weighted by Gasteiger charge is -2.28. The molecular weight excluding hydrogens is 250 g/mol. The highest BCUT2D eigenvalue weighted by Crippen LogP contribution is 2.18. The van der Waals surface area contributed by atoms with Gasteiger partial charge >= 0.3 is 0 Å². The molecule has 1 saturated heterocycles. The SMILES string of the molecule is CCCN(C(=O)c1c(F)cccc1F)C1CCNC1. The first-order chi connectivity index (χ1) is 9.15. The molecule has 1 fully saturated rings. The number of hydrogen-bond donors (Lipinski definition) is 1. The van der Waals surface area contributed by atoms with Crippen LogP contribution in [-0.2, 0) is 0 Å². The Hall–Kier alpha value is -1.49. The van der Waals surface area contributed by atoms with Crippen molar-refractivity contribution >= 4 is 5.91 Å². The number of carbonyl (C=O) groups excluding carboxylic acids is 1. The van der Waals surface area contributed by atoms with Crippen LogP contribution in [0.25, 0.3) is 0 Å². The molecule has 1 atom stereocenters. The monoisotopic (exact) mass is 268 g/mol. The summed E-state index contributed by atoms with van der Waals surface area (Å²) in [5.74, 6) is -2.14. The van der Waals surface area contributed by atoms with Crippen LogP contribution in [0.4, 0.5) is 8.78 Å². The molecule has 1 aromatic rings. The zero-order valence-corrected chi connectivity index (χ0v) is 11.0. The Balaban J connectivity index is 2.28. The standard InChI is InChI=1S/C14H18F2N2O/c1-2-8-18(10-6-7-17-9-10)14(19)13-11(15)4-3-5-12(13)16/h3-5,10,17H,2,6-9H2,1H3. The normalized spacial score (nSPS) is 18.6. The molecule has 1 unspecified atom stereocenters. The van der Waals surface area contributed by atoms with Gasteiger partial charge in [-0.25, -0.2) is 8.78 Å². The number of rotatable bonds is 4. The Labute approximate surface area is 111 Å². The maximum Gasteiger partial charge on any atom is 0.260 e. The summed E-state index contributed by atoms with van der Waals surface area (Å²) in [6.07, 6.45) is 1.58. The van der Waals surface area contributed by atoms with Crippen LogP contribution in [0.5, 0.6) is 0 Å². The van der Waals surface area contributed by atoms with Crippen molar-refractivity contribution in [2.24, 2.45) is 0 Å². The van der Waals surface area contributed by atoms with Gasteiger partial charge in [0.15, 0.2) is 0 Å². The molecule has 1 aliphatic rings. The van der Waals surface area contributed by atoms with Crippen LogP contribution in [0.2, 0.25) is 0 Å². The van der Waals surface area contributed by atoms with E-state index in [0.29, 0.717) is 13.1 Å². The van der Waals surface area contributed by atoms with Crippen LogP contribution in [0.3, 0.4) is 0 Å². The van der Waals surface area contributed by atoms with Crippen LogP contribution in [0.15, 0.2) is 18.2 Å². The Morgan fingerprint density at radius 1 is 1.42 bits per heavy atom. The highest BCUT2D eigenvalue weighted by atomic mass is 19.1. The minimum Gasteiger partial charge on any atom is -0.334 e. The number of hydrogen-bond acceptors (Lipinski definition) is 2. The molecule has 0 aromatic heterocycles. The van der Waals surface area contributed by atoms with Crippen molar-refractivity contribution in [3.8, 4) is 0 Å². The van der Waals surface area contributed by atoms with Gasteiger partial charge in [-0.15, -0.1) is 0 Å². The molecule has 0 radical (unpaired) electrons. The lowest BCUT2D eigenvalue weighted by Crippen LogP contribution is -2.42. The van der Waals surface area contributed by atoms with E-state index >= 15 is 0 Å². The van der Waals surface area contributed by atoms with Gasteiger partial charge in [0.2, 0.25) is 0 Å². The van der Waals surface area contributed by atoms with Gasteiger partial charge in [0.25, 0.3) is 5.91 Å². The Bertz CT molecular complexity index is 439. The van der Waals surface area contributed by atoms with Gasteiger partial charge in [-0.2, -0.15) is 0 Å². The maximum absolute atomic E-state index is 13.7. The molecule has 3 nitrogen and oxygen atoms in total. The van der Waals surface area contributed by atoms with E-state index in [4.69, 9.17) is 0 Å². The first kappa shape index (κ1) is 13.9. The van der Waals surface area contributed by atoms with Gasteiger partial charge in [0, 0.05) is 19.1 Å². The van der Waals surface area contributed by atoms with Gasteiger partial charge in [-0.3, -0.25) is 4.79 Å². The molecule has 2 rings (SSSR count). The predicted octanol–water partition coefficient (Wildman–Crippen LogP) is 2.18. The molecule has 0 saturated carbocycles. The van der Waals surface area contributed by atoms with Crippen molar-refractivity contribution in [1.82, 2.24) is 10.2 Å². The summed E-state index contributed by atoms with van der Waals surface area (Å²) < 4.78 is 27.4. The summed E-state index contributed by atoms with van der Waals surface area (Å²) in [4.78, 5) is 14.0.